The number of ether oxygens (including phenoxy) is 4. The van der Waals surface area contributed by atoms with Crippen LogP contribution >= 0.6 is 0 Å². The van der Waals surface area contributed by atoms with Gasteiger partial charge in [-0.2, -0.15) is 0 Å². The first-order valence-electron chi connectivity index (χ1n) is 13.2. The molecule has 0 N–H and O–H groups in total. The average molecular weight is 551 g/mol. The lowest BCUT2D eigenvalue weighted by Crippen LogP contribution is -2.15. The maximum absolute atomic E-state index is 11.7. The van der Waals surface area contributed by atoms with Gasteiger partial charge in [-0.05, 0) is 77.8 Å². The fourth-order valence-corrected chi connectivity index (χ4v) is 5.98. The molecule has 0 saturated heterocycles. The number of carbonyl (C=O) groups excluding carboxylic acids is 1. The molecule has 0 saturated carbocycles. The van der Waals surface area contributed by atoms with Crippen molar-refractivity contribution in [1.29, 1.82) is 0 Å². The Morgan fingerprint density at radius 1 is 1.05 bits per heavy atom. The largest absolute Gasteiger partial charge is 0.493 e. The number of aryl methyl sites for hydroxylation is 1. The first-order chi connectivity index (χ1) is 18.7. The molecule has 0 fully saturated rings. The molecule has 206 valence electrons. The van der Waals surface area contributed by atoms with Gasteiger partial charge in [-0.3, -0.25) is 4.79 Å². The van der Waals surface area contributed by atoms with E-state index in [1.165, 1.54) is 30.1 Å². The third-order valence-electron chi connectivity index (χ3n) is 7.37. The summed E-state index contributed by atoms with van der Waals surface area (Å²) in [5.74, 6) is 2.24. The summed E-state index contributed by atoms with van der Waals surface area (Å²) in [5, 5.41) is 0. The zero-order valence-electron chi connectivity index (χ0n) is 22.6. The number of sulfone groups is 1. The molecular weight excluding hydrogens is 516 g/mol. The molecule has 0 amide bonds. The molecule has 0 unspecified atom stereocenters. The van der Waals surface area contributed by atoms with Crippen molar-refractivity contribution < 1.29 is 32.2 Å². The van der Waals surface area contributed by atoms with Gasteiger partial charge in [0.15, 0.2) is 0 Å². The summed E-state index contributed by atoms with van der Waals surface area (Å²) >= 11 is 0. The SMILES string of the molecule is COC(=O)C[C@@H]1COc2cc(OCc3cccc(-c4c(C)cc(OCCCS(C)(=O)=O)c5c4CC5)c3)ccc21. The number of esters is 1. The molecule has 0 spiro atoms. The highest BCUT2D eigenvalue weighted by Gasteiger charge is 2.27. The fourth-order valence-electron chi connectivity index (χ4n) is 5.33. The lowest BCUT2D eigenvalue weighted by atomic mass is 9.79. The smallest absolute Gasteiger partial charge is 0.306 e. The van der Waals surface area contributed by atoms with E-state index < -0.39 is 9.84 Å². The molecule has 1 heterocycles. The molecular formula is C31H34O7S. The van der Waals surface area contributed by atoms with Crippen LogP contribution in [-0.2, 0) is 38.8 Å². The van der Waals surface area contributed by atoms with Gasteiger partial charge in [0.2, 0.25) is 0 Å². The van der Waals surface area contributed by atoms with Gasteiger partial charge in [-0.25, -0.2) is 8.42 Å². The van der Waals surface area contributed by atoms with E-state index in [0.717, 1.165) is 52.3 Å². The number of benzene rings is 3. The minimum Gasteiger partial charge on any atom is -0.493 e. The van der Waals surface area contributed by atoms with Gasteiger partial charge < -0.3 is 18.9 Å². The van der Waals surface area contributed by atoms with Crippen molar-refractivity contribution in [2.45, 2.75) is 45.1 Å². The van der Waals surface area contributed by atoms with Gasteiger partial charge in [-0.1, -0.05) is 24.3 Å². The Labute approximate surface area is 230 Å². The Bertz CT molecular complexity index is 1490. The van der Waals surface area contributed by atoms with Crippen LogP contribution in [0.1, 0.15) is 46.6 Å². The molecule has 0 bridgehead atoms. The van der Waals surface area contributed by atoms with Crippen LogP contribution in [-0.4, -0.2) is 46.7 Å². The van der Waals surface area contributed by atoms with Crippen LogP contribution in [0.15, 0.2) is 48.5 Å². The van der Waals surface area contributed by atoms with Gasteiger partial charge in [0.1, 0.15) is 33.7 Å². The van der Waals surface area contributed by atoms with Gasteiger partial charge in [0.05, 0.1) is 32.5 Å². The van der Waals surface area contributed by atoms with Crippen LogP contribution in [0.2, 0.25) is 0 Å². The van der Waals surface area contributed by atoms with E-state index in [2.05, 4.69) is 37.3 Å². The van der Waals surface area contributed by atoms with Gasteiger partial charge >= 0.3 is 5.97 Å². The topological polar surface area (TPSA) is 88.1 Å². The summed E-state index contributed by atoms with van der Waals surface area (Å²) in [7, 11) is -1.58. The summed E-state index contributed by atoms with van der Waals surface area (Å²) in [6, 6.07) is 16.3. The van der Waals surface area contributed by atoms with E-state index in [9.17, 15) is 13.2 Å². The molecule has 2 aliphatic rings. The van der Waals surface area contributed by atoms with Crippen molar-refractivity contribution in [1.82, 2.24) is 0 Å². The molecule has 1 aliphatic carbocycles. The van der Waals surface area contributed by atoms with Crippen molar-refractivity contribution >= 4 is 15.8 Å². The predicted molar refractivity (Wildman–Crippen MR) is 149 cm³/mol. The second kappa shape index (κ2) is 11.3. The predicted octanol–water partition coefficient (Wildman–Crippen LogP) is 5.19. The minimum absolute atomic E-state index is 0.00309. The Morgan fingerprint density at radius 3 is 2.62 bits per heavy atom. The Hall–Kier alpha value is -3.52. The Kier molecular flexibility index (Phi) is 7.84. The molecule has 3 aromatic carbocycles. The zero-order valence-corrected chi connectivity index (χ0v) is 23.4. The molecule has 0 radical (unpaired) electrons. The van der Waals surface area contributed by atoms with Crippen molar-refractivity contribution in [3.05, 3.63) is 76.3 Å². The van der Waals surface area contributed by atoms with E-state index in [0.29, 0.717) is 32.7 Å². The Balaban J connectivity index is 1.26. The van der Waals surface area contributed by atoms with Crippen molar-refractivity contribution in [3.63, 3.8) is 0 Å². The van der Waals surface area contributed by atoms with Crippen molar-refractivity contribution in [3.8, 4) is 28.4 Å². The molecule has 7 nitrogen and oxygen atoms in total. The van der Waals surface area contributed by atoms with Crippen LogP contribution in [0.4, 0.5) is 0 Å². The molecule has 3 aromatic rings. The Morgan fingerprint density at radius 2 is 1.87 bits per heavy atom. The van der Waals surface area contributed by atoms with E-state index in [-0.39, 0.29) is 17.6 Å². The van der Waals surface area contributed by atoms with Crippen LogP contribution in [0.25, 0.3) is 11.1 Å². The number of methoxy groups -OCH3 is 1. The monoisotopic (exact) mass is 550 g/mol. The summed E-state index contributed by atoms with van der Waals surface area (Å²) in [6.45, 7) is 3.37. The lowest BCUT2D eigenvalue weighted by molar-refractivity contribution is -0.141. The van der Waals surface area contributed by atoms with Crippen LogP contribution in [0.5, 0.6) is 17.2 Å². The molecule has 1 atom stereocenters. The van der Waals surface area contributed by atoms with Gasteiger partial charge in [-0.15, -0.1) is 0 Å². The van der Waals surface area contributed by atoms with E-state index in [1.54, 1.807) is 0 Å². The number of hydrogen-bond acceptors (Lipinski definition) is 7. The molecule has 39 heavy (non-hydrogen) atoms. The van der Waals surface area contributed by atoms with Crippen LogP contribution < -0.4 is 14.2 Å². The number of rotatable bonds is 11. The van der Waals surface area contributed by atoms with Gasteiger partial charge in [0, 0.05) is 23.8 Å². The second-order valence-corrected chi connectivity index (χ2v) is 12.6. The highest BCUT2D eigenvalue weighted by molar-refractivity contribution is 7.90. The van der Waals surface area contributed by atoms with E-state index in [4.69, 9.17) is 18.9 Å². The second-order valence-electron chi connectivity index (χ2n) is 10.3. The quantitative estimate of drug-likeness (QED) is 0.240. The first kappa shape index (κ1) is 27.1. The highest BCUT2D eigenvalue weighted by Crippen LogP contribution is 2.42. The van der Waals surface area contributed by atoms with Crippen molar-refractivity contribution in [2.75, 3.05) is 32.3 Å². The summed E-state index contributed by atoms with van der Waals surface area (Å²) < 4.78 is 45.5. The van der Waals surface area contributed by atoms with Gasteiger partial charge in [0.25, 0.3) is 0 Å². The third-order valence-corrected chi connectivity index (χ3v) is 8.40. The standard InChI is InChI=1S/C31H34O7S/c1-20-14-28(36-12-5-13-39(3,33)34)26-10-11-27(26)31(20)22-7-4-6-21(15-22)18-37-24-8-9-25-23(16-30(32)35-2)19-38-29(25)17-24/h4,6-9,14-15,17,23H,5,10-13,16,18-19H2,1-3H3/t23-/m1/s1. The van der Waals surface area contributed by atoms with Crippen LogP contribution in [0, 0.1) is 6.92 Å². The normalized spacial score (nSPS) is 15.5. The number of carbonyl (C=O) groups is 1. The summed E-state index contributed by atoms with van der Waals surface area (Å²) in [5.41, 5.74) is 8.13. The van der Waals surface area contributed by atoms with E-state index in [1.807, 2.05) is 18.2 Å². The molecule has 0 aromatic heterocycles. The summed E-state index contributed by atoms with van der Waals surface area (Å²) in [4.78, 5) is 11.7. The summed E-state index contributed by atoms with van der Waals surface area (Å²) in [6.07, 6.45) is 4.01. The number of fused-ring (bicyclic) bond motifs is 2. The van der Waals surface area contributed by atoms with E-state index >= 15 is 0 Å². The maximum Gasteiger partial charge on any atom is 0.306 e. The fraction of sp³-hybridized carbons (Fsp3) is 0.387. The third kappa shape index (κ3) is 6.22. The zero-order chi connectivity index (χ0) is 27.6. The number of hydrogen-bond donors (Lipinski definition) is 0. The average Bonchev–Trinajstić information content (AvgIpc) is 3.28. The highest BCUT2D eigenvalue weighted by atomic mass is 32.2. The molecule has 8 heteroatoms. The lowest BCUT2D eigenvalue weighted by Gasteiger charge is -2.28. The maximum atomic E-state index is 11.7. The van der Waals surface area contributed by atoms with Crippen LogP contribution in [0.3, 0.4) is 0 Å². The molecule has 5 rings (SSSR count). The minimum atomic E-state index is -2.98. The van der Waals surface area contributed by atoms with Crippen molar-refractivity contribution in [2.24, 2.45) is 0 Å². The molecule has 1 aliphatic heterocycles. The first-order valence-corrected chi connectivity index (χ1v) is 15.3.